The summed E-state index contributed by atoms with van der Waals surface area (Å²) in [6.07, 6.45) is 0. The van der Waals surface area contributed by atoms with Crippen molar-refractivity contribution in [3.63, 3.8) is 0 Å². The molecule has 2 aromatic rings. The van der Waals surface area contributed by atoms with E-state index >= 15 is 0 Å². The van der Waals surface area contributed by atoms with Crippen molar-refractivity contribution in [2.75, 3.05) is 0 Å². The smallest absolute Gasteiger partial charge is 0.189 e. The van der Waals surface area contributed by atoms with Crippen molar-refractivity contribution in [1.82, 2.24) is 0 Å². The highest BCUT2D eigenvalue weighted by Gasteiger charge is 2.31. The molecule has 0 spiro atoms. The third kappa shape index (κ3) is 2.83. The largest absolute Gasteiger partial charge is 0.293 e. The van der Waals surface area contributed by atoms with Crippen LogP contribution in [0.25, 0.3) is 0 Å². The zero-order chi connectivity index (χ0) is 14.8. The van der Waals surface area contributed by atoms with Gasteiger partial charge < -0.3 is 0 Å². The van der Waals surface area contributed by atoms with Gasteiger partial charge in [0.05, 0.1) is 4.90 Å². The van der Waals surface area contributed by atoms with Crippen molar-refractivity contribution in [3.05, 3.63) is 64.6 Å². The Morgan fingerprint density at radius 2 is 1.55 bits per heavy atom. The molecular formula is C15H13BrO3S. The summed E-state index contributed by atoms with van der Waals surface area (Å²) in [5, 5.41) is -1.12. The van der Waals surface area contributed by atoms with Crippen LogP contribution in [0.5, 0.6) is 0 Å². The van der Waals surface area contributed by atoms with Crippen LogP contribution in [0.1, 0.15) is 17.3 Å². The highest BCUT2D eigenvalue weighted by atomic mass is 79.9. The topological polar surface area (TPSA) is 51.2 Å². The summed E-state index contributed by atoms with van der Waals surface area (Å²) in [4.78, 5) is 12.4. The normalized spacial score (nSPS) is 12.9. The van der Waals surface area contributed by atoms with Crippen LogP contribution in [0.15, 0.2) is 64.0 Å². The van der Waals surface area contributed by atoms with Crippen molar-refractivity contribution < 1.29 is 13.2 Å². The Kier molecular flexibility index (Phi) is 4.40. The molecule has 0 saturated carbocycles. The average Bonchev–Trinajstić information content (AvgIpc) is 2.47. The first-order valence-electron chi connectivity index (χ1n) is 6.02. The third-order valence-electron chi connectivity index (χ3n) is 3.04. The lowest BCUT2D eigenvalue weighted by atomic mass is 10.1. The van der Waals surface area contributed by atoms with Gasteiger partial charge in [-0.2, -0.15) is 0 Å². The Morgan fingerprint density at radius 3 is 2.15 bits per heavy atom. The fourth-order valence-corrected chi connectivity index (χ4v) is 4.21. The van der Waals surface area contributed by atoms with Crippen molar-refractivity contribution in [3.8, 4) is 0 Å². The third-order valence-corrected chi connectivity index (χ3v) is 6.10. The SMILES string of the molecule is CC(C(=O)c1ccccc1)S(=O)(=O)c1ccccc1Br. The van der Waals surface area contributed by atoms with Gasteiger partial charge in [-0.15, -0.1) is 0 Å². The van der Waals surface area contributed by atoms with E-state index in [2.05, 4.69) is 15.9 Å². The van der Waals surface area contributed by atoms with Crippen molar-refractivity contribution >= 4 is 31.6 Å². The monoisotopic (exact) mass is 352 g/mol. The molecule has 0 aromatic heterocycles. The molecule has 0 aliphatic rings. The molecule has 1 atom stereocenters. The molecule has 0 saturated heterocycles. The fraction of sp³-hybridized carbons (Fsp3) is 0.133. The van der Waals surface area contributed by atoms with Crippen molar-refractivity contribution in [1.29, 1.82) is 0 Å². The van der Waals surface area contributed by atoms with E-state index in [1.807, 2.05) is 0 Å². The molecule has 0 N–H and O–H groups in total. The minimum Gasteiger partial charge on any atom is -0.293 e. The number of benzene rings is 2. The van der Waals surface area contributed by atoms with Gasteiger partial charge in [-0.25, -0.2) is 8.42 Å². The maximum atomic E-state index is 12.5. The summed E-state index contributed by atoms with van der Waals surface area (Å²) >= 11 is 3.22. The summed E-state index contributed by atoms with van der Waals surface area (Å²) in [5.74, 6) is -0.402. The van der Waals surface area contributed by atoms with E-state index < -0.39 is 20.9 Å². The maximum Gasteiger partial charge on any atom is 0.189 e. The molecule has 0 fully saturated rings. The molecule has 5 heteroatoms. The highest BCUT2D eigenvalue weighted by Crippen LogP contribution is 2.26. The van der Waals surface area contributed by atoms with Gasteiger partial charge in [-0.1, -0.05) is 42.5 Å². The zero-order valence-corrected chi connectivity index (χ0v) is 13.2. The molecule has 3 nitrogen and oxygen atoms in total. The van der Waals surface area contributed by atoms with Gasteiger partial charge in [0.25, 0.3) is 0 Å². The number of Topliss-reactive ketones (excluding diaryl/α,β-unsaturated/α-hetero) is 1. The quantitative estimate of drug-likeness (QED) is 0.791. The second-order valence-electron chi connectivity index (χ2n) is 4.35. The minimum absolute atomic E-state index is 0.136. The molecule has 2 rings (SSSR count). The van der Waals surface area contributed by atoms with Crippen LogP contribution >= 0.6 is 15.9 Å². The van der Waals surface area contributed by atoms with Crippen molar-refractivity contribution in [2.45, 2.75) is 17.1 Å². The molecule has 0 radical (unpaired) electrons. The average molecular weight is 353 g/mol. The predicted molar refractivity (Wildman–Crippen MR) is 81.6 cm³/mol. The van der Waals surface area contributed by atoms with E-state index in [0.29, 0.717) is 10.0 Å². The van der Waals surface area contributed by atoms with Crippen LogP contribution in [0.3, 0.4) is 0 Å². The molecule has 0 heterocycles. The Hall–Kier alpha value is -1.46. The van der Waals surface area contributed by atoms with Gasteiger partial charge in [-0.3, -0.25) is 4.79 Å². The molecular weight excluding hydrogens is 340 g/mol. The van der Waals surface area contributed by atoms with Crippen LogP contribution in [0.2, 0.25) is 0 Å². The molecule has 0 aliphatic carbocycles. The van der Waals surface area contributed by atoms with Crippen molar-refractivity contribution in [2.24, 2.45) is 0 Å². The fourth-order valence-electron chi connectivity index (χ4n) is 1.84. The van der Waals surface area contributed by atoms with Crippen LogP contribution in [0.4, 0.5) is 0 Å². The zero-order valence-electron chi connectivity index (χ0n) is 10.8. The van der Waals surface area contributed by atoms with E-state index in [0.717, 1.165) is 0 Å². The highest BCUT2D eigenvalue weighted by molar-refractivity contribution is 9.10. The van der Waals surface area contributed by atoms with Gasteiger partial charge in [0.15, 0.2) is 15.6 Å². The van der Waals surface area contributed by atoms with E-state index in [4.69, 9.17) is 0 Å². The standard InChI is InChI=1S/C15H13BrO3S/c1-11(15(17)12-7-3-2-4-8-12)20(18,19)14-10-6-5-9-13(14)16/h2-11H,1H3. The predicted octanol–water partition coefficient (Wildman–Crippen LogP) is 3.49. The van der Waals surface area contributed by atoms with E-state index in [-0.39, 0.29) is 4.90 Å². The van der Waals surface area contributed by atoms with Crippen LogP contribution < -0.4 is 0 Å². The summed E-state index contributed by atoms with van der Waals surface area (Å²) in [6, 6.07) is 15.0. The van der Waals surface area contributed by atoms with Crippen LogP contribution in [-0.4, -0.2) is 19.5 Å². The number of sulfone groups is 1. The number of carbonyl (C=O) groups excluding carboxylic acids is 1. The Morgan fingerprint density at radius 1 is 1.00 bits per heavy atom. The summed E-state index contributed by atoms with van der Waals surface area (Å²) in [5.41, 5.74) is 0.399. The summed E-state index contributed by atoms with van der Waals surface area (Å²) in [7, 11) is -3.71. The molecule has 0 aliphatic heterocycles. The lowest BCUT2D eigenvalue weighted by molar-refractivity contribution is 0.0991. The molecule has 0 bridgehead atoms. The minimum atomic E-state index is -3.71. The molecule has 1 unspecified atom stereocenters. The van der Waals surface area contributed by atoms with Crippen LogP contribution in [0, 0.1) is 0 Å². The first-order chi connectivity index (χ1) is 9.44. The lowest BCUT2D eigenvalue weighted by Crippen LogP contribution is -2.27. The summed E-state index contributed by atoms with van der Waals surface area (Å²) in [6.45, 7) is 1.42. The number of hydrogen-bond donors (Lipinski definition) is 0. The van der Waals surface area contributed by atoms with E-state index in [1.165, 1.54) is 13.0 Å². The Balaban J connectivity index is 2.41. The molecule has 104 valence electrons. The molecule has 0 amide bonds. The first kappa shape index (κ1) is 14.9. The van der Waals surface area contributed by atoms with E-state index in [1.54, 1.807) is 48.5 Å². The van der Waals surface area contributed by atoms with Gasteiger partial charge in [0.2, 0.25) is 0 Å². The number of rotatable bonds is 4. The maximum absolute atomic E-state index is 12.5. The molecule has 2 aromatic carbocycles. The van der Waals surface area contributed by atoms with E-state index in [9.17, 15) is 13.2 Å². The Labute approximate surface area is 126 Å². The second-order valence-corrected chi connectivity index (χ2v) is 7.44. The number of halogens is 1. The Bertz CT molecular complexity index is 724. The van der Waals surface area contributed by atoms with Gasteiger partial charge in [0.1, 0.15) is 5.25 Å². The van der Waals surface area contributed by atoms with Gasteiger partial charge in [-0.05, 0) is 35.0 Å². The van der Waals surface area contributed by atoms with Crippen LogP contribution in [-0.2, 0) is 9.84 Å². The van der Waals surface area contributed by atoms with Gasteiger partial charge >= 0.3 is 0 Å². The summed E-state index contributed by atoms with van der Waals surface area (Å²) < 4.78 is 25.5. The number of ketones is 1. The number of hydrogen-bond acceptors (Lipinski definition) is 3. The lowest BCUT2D eigenvalue weighted by Gasteiger charge is -2.13. The number of carbonyl (C=O) groups is 1. The second kappa shape index (κ2) is 5.89. The molecule has 20 heavy (non-hydrogen) atoms. The van der Waals surface area contributed by atoms with Gasteiger partial charge in [0, 0.05) is 10.0 Å². The first-order valence-corrected chi connectivity index (χ1v) is 8.36.